The van der Waals surface area contributed by atoms with Crippen LogP contribution in [0.15, 0.2) is 11.6 Å². The maximum Gasteiger partial charge on any atom is 0.328 e. The van der Waals surface area contributed by atoms with E-state index in [4.69, 9.17) is 9.84 Å². The van der Waals surface area contributed by atoms with Crippen LogP contribution in [0, 0.1) is 5.41 Å². The second-order valence-corrected chi connectivity index (χ2v) is 3.47. The van der Waals surface area contributed by atoms with Crippen LogP contribution in [-0.2, 0) is 14.3 Å². The van der Waals surface area contributed by atoms with E-state index in [0.717, 1.165) is 6.08 Å². The third-order valence-electron chi connectivity index (χ3n) is 2.51. The molecule has 1 rings (SSSR count). The van der Waals surface area contributed by atoms with Crippen LogP contribution in [0.5, 0.6) is 0 Å². The van der Waals surface area contributed by atoms with Crippen molar-refractivity contribution in [2.75, 3.05) is 6.61 Å². The second-order valence-electron chi connectivity index (χ2n) is 3.47. The Labute approximate surface area is 82.6 Å². The Balaban J connectivity index is 2.75. The number of carbonyl (C=O) groups excluding carboxylic acids is 1. The van der Waals surface area contributed by atoms with Crippen LogP contribution in [0.3, 0.4) is 0 Å². The summed E-state index contributed by atoms with van der Waals surface area (Å²) in [5.74, 6) is -1.31. The van der Waals surface area contributed by atoms with Gasteiger partial charge < -0.3 is 9.84 Å². The molecule has 4 heteroatoms. The average molecular weight is 198 g/mol. The molecule has 78 valence electrons. The molecule has 0 saturated heterocycles. The van der Waals surface area contributed by atoms with Gasteiger partial charge in [-0.3, -0.25) is 4.79 Å². The lowest BCUT2D eigenvalue weighted by Crippen LogP contribution is -2.20. The molecule has 0 aromatic carbocycles. The largest absolute Gasteiger partial charge is 0.478 e. The Morgan fingerprint density at radius 3 is 2.43 bits per heavy atom. The molecule has 14 heavy (non-hydrogen) atoms. The molecule has 1 aliphatic carbocycles. The number of hydrogen-bond donors (Lipinski definition) is 1. The van der Waals surface area contributed by atoms with E-state index in [0.29, 0.717) is 25.0 Å². The minimum absolute atomic E-state index is 0.296. The molecule has 0 radical (unpaired) electrons. The monoisotopic (exact) mass is 198 g/mol. The molecule has 0 unspecified atom stereocenters. The SMILES string of the molecule is CCOC(=O)C1(/C(C)=C\C(=O)O)CC1. The van der Waals surface area contributed by atoms with Crippen molar-refractivity contribution < 1.29 is 19.4 Å². The summed E-state index contributed by atoms with van der Waals surface area (Å²) in [6.45, 7) is 3.74. The first-order valence-electron chi connectivity index (χ1n) is 4.62. The molecule has 1 aliphatic rings. The number of esters is 1. The number of rotatable bonds is 4. The highest BCUT2D eigenvalue weighted by Gasteiger charge is 2.52. The first kappa shape index (κ1) is 10.8. The summed E-state index contributed by atoms with van der Waals surface area (Å²) >= 11 is 0. The van der Waals surface area contributed by atoms with E-state index in [-0.39, 0.29) is 5.97 Å². The van der Waals surface area contributed by atoms with Gasteiger partial charge in [-0.2, -0.15) is 0 Å². The zero-order chi connectivity index (χ0) is 10.8. The Kier molecular flexibility index (Phi) is 2.93. The fourth-order valence-corrected chi connectivity index (χ4v) is 1.48. The fourth-order valence-electron chi connectivity index (χ4n) is 1.48. The van der Waals surface area contributed by atoms with Crippen molar-refractivity contribution in [2.24, 2.45) is 5.41 Å². The molecule has 4 nitrogen and oxygen atoms in total. The maximum atomic E-state index is 11.5. The second kappa shape index (κ2) is 3.82. The van der Waals surface area contributed by atoms with E-state index < -0.39 is 11.4 Å². The highest BCUT2D eigenvalue weighted by atomic mass is 16.5. The van der Waals surface area contributed by atoms with Gasteiger partial charge in [0.15, 0.2) is 0 Å². The van der Waals surface area contributed by atoms with E-state index in [1.165, 1.54) is 0 Å². The zero-order valence-corrected chi connectivity index (χ0v) is 8.37. The predicted octanol–water partition coefficient (Wildman–Crippen LogP) is 1.36. The molecule has 0 heterocycles. The smallest absolute Gasteiger partial charge is 0.328 e. The van der Waals surface area contributed by atoms with Crippen LogP contribution in [0.25, 0.3) is 0 Å². The van der Waals surface area contributed by atoms with Crippen LogP contribution in [0.2, 0.25) is 0 Å². The van der Waals surface area contributed by atoms with Gasteiger partial charge in [0, 0.05) is 6.08 Å². The van der Waals surface area contributed by atoms with Gasteiger partial charge in [-0.05, 0) is 32.3 Å². The third kappa shape index (κ3) is 1.95. The summed E-state index contributed by atoms with van der Waals surface area (Å²) in [6, 6.07) is 0. The number of carboxylic acids is 1. The topological polar surface area (TPSA) is 63.6 Å². The minimum Gasteiger partial charge on any atom is -0.478 e. The van der Waals surface area contributed by atoms with Crippen molar-refractivity contribution in [3.63, 3.8) is 0 Å². The number of ether oxygens (including phenoxy) is 1. The molecule has 1 N–H and O–H groups in total. The van der Waals surface area contributed by atoms with Crippen molar-refractivity contribution in [3.8, 4) is 0 Å². The molecule has 1 fully saturated rings. The van der Waals surface area contributed by atoms with E-state index in [1.54, 1.807) is 13.8 Å². The van der Waals surface area contributed by atoms with Crippen molar-refractivity contribution >= 4 is 11.9 Å². The minimum atomic E-state index is -1.02. The van der Waals surface area contributed by atoms with Crippen LogP contribution >= 0.6 is 0 Å². The zero-order valence-electron chi connectivity index (χ0n) is 8.37. The standard InChI is InChI=1S/C10H14O4/c1-3-14-9(13)10(4-5-10)7(2)6-8(11)12/h6H,3-5H2,1-2H3,(H,11,12)/b7-6-. The van der Waals surface area contributed by atoms with Gasteiger partial charge in [0.1, 0.15) is 0 Å². The molecular weight excluding hydrogens is 184 g/mol. The van der Waals surface area contributed by atoms with Gasteiger partial charge in [-0.15, -0.1) is 0 Å². The van der Waals surface area contributed by atoms with Gasteiger partial charge in [0.2, 0.25) is 0 Å². The lowest BCUT2D eigenvalue weighted by molar-refractivity contribution is -0.148. The molecule has 1 saturated carbocycles. The average Bonchev–Trinajstić information content (AvgIpc) is 2.83. The summed E-state index contributed by atoms with van der Waals surface area (Å²) in [4.78, 5) is 21.9. The molecule has 0 bridgehead atoms. The first-order chi connectivity index (χ1) is 6.53. The summed E-state index contributed by atoms with van der Waals surface area (Å²) in [5.41, 5.74) is -0.0440. The molecule has 0 aromatic heterocycles. The van der Waals surface area contributed by atoms with Crippen molar-refractivity contribution in [3.05, 3.63) is 11.6 Å². The lowest BCUT2D eigenvalue weighted by atomic mass is 9.97. The van der Waals surface area contributed by atoms with Gasteiger partial charge in [-0.25, -0.2) is 4.79 Å². The summed E-state index contributed by atoms with van der Waals surface area (Å²) in [5, 5.41) is 8.56. The molecule has 0 amide bonds. The van der Waals surface area contributed by atoms with E-state index >= 15 is 0 Å². The highest BCUT2D eigenvalue weighted by molar-refractivity contribution is 5.88. The number of carbonyl (C=O) groups is 2. The van der Waals surface area contributed by atoms with Crippen LogP contribution in [-0.4, -0.2) is 23.7 Å². The first-order valence-corrected chi connectivity index (χ1v) is 4.62. The van der Waals surface area contributed by atoms with Crippen molar-refractivity contribution in [1.82, 2.24) is 0 Å². The number of aliphatic carboxylic acids is 1. The Bertz CT molecular complexity index is 286. The summed E-state index contributed by atoms with van der Waals surface area (Å²) in [7, 11) is 0. The maximum absolute atomic E-state index is 11.5. The van der Waals surface area contributed by atoms with E-state index in [2.05, 4.69) is 0 Å². The molecule has 0 aliphatic heterocycles. The number of hydrogen-bond acceptors (Lipinski definition) is 3. The molecule has 0 atom stereocenters. The third-order valence-corrected chi connectivity index (χ3v) is 2.51. The quantitative estimate of drug-likeness (QED) is 0.547. The molecule has 0 spiro atoms. The molecule has 0 aromatic rings. The van der Waals surface area contributed by atoms with Crippen LogP contribution in [0.4, 0.5) is 0 Å². The van der Waals surface area contributed by atoms with Gasteiger partial charge >= 0.3 is 11.9 Å². The predicted molar refractivity (Wildman–Crippen MR) is 49.7 cm³/mol. The normalized spacial score (nSPS) is 18.9. The summed E-state index contributed by atoms with van der Waals surface area (Å²) in [6.07, 6.45) is 2.48. The van der Waals surface area contributed by atoms with Crippen LogP contribution in [0.1, 0.15) is 26.7 Å². The van der Waals surface area contributed by atoms with Crippen LogP contribution < -0.4 is 0 Å². The highest BCUT2D eigenvalue weighted by Crippen LogP contribution is 2.52. The lowest BCUT2D eigenvalue weighted by Gasteiger charge is -2.13. The molecular formula is C10H14O4. The fraction of sp³-hybridized carbons (Fsp3) is 0.600. The summed E-state index contributed by atoms with van der Waals surface area (Å²) < 4.78 is 4.90. The van der Waals surface area contributed by atoms with E-state index in [1.807, 2.05) is 0 Å². The van der Waals surface area contributed by atoms with Gasteiger partial charge in [0.25, 0.3) is 0 Å². The van der Waals surface area contributed by atoms with Gasteiger partial charge in [-0.1, -0.05) is 0 Å². The van der Waals surface area contributed by atoms with Crippen molar-refractivity contribution in [2.45, 2.75) is 26.7 Å². The van der Waals surface area contributed by atoms with Crippen molar-refractivity contribution in [1.29, 1.82) is 0 Å². The van der Waals surface area contributed by atoms with E-state index in [9.17, 15) is 9.59 Å². The number of carboxylic acid groups (broad SMARTS) is 1. The Hall–Kier alpha value is -1.32. The van der Waals surface area contributed by atoms with Gasteiger partial charge in [0.05, 0.1) is 12.0 Å². The Morgan fingerprint density at radius 2 is 2.07 bits per heavy atom. The Morgan fingerprint density at radius 1 is 1.50 bits per heavy atom.